The third-order valence-corrected chi connectivity index (χ3v) is 6.03. The molecule has 24 heavy (non-hydrogen) atoms. The molecule has 4 rings (SSSR count). The Morgan fingerprint density at radius 2 is 1.75 bits per heavy atom. The normalized spacial score (nSPS) is 21.8. The van der Waals surface area contributed by atoms with E-state index in [1.165, 1.54) is 54.4 Å². The molecule has 0 aliphatic heterocycles. The number of hydrogen-bond donors (Lipinski definition) is 0. The van der Waals surface area contributed by atoms with Crippen LogP contribution in [0.1, 0.15) is 59.3 Å². The van der Waals surface area contributed by atoms with Crippen LogP contribution in [0.25, 0.3) is 11.1 Å². The Hall–Kier alpha value is -1.60. The van der Waals surface area contributed by atoms with Gasteiger partial charge in [-0.25, -0.2) is 0 Å². The zero-order chi connectivity index (χ0) is 16.8. The number of hydrogen-bond acceptors (Lipinski definition) is 1. The van der Waals surface area contributed by atoms with Crippen LogP contribution in [0, 0.1) is 19.8 Å². The van der Waals surface area contributed by atoms with E-state index in [1.54, 1.807) is 22.3 Å². The standard InChI is InChI=1S/C23H28O/c1-5-16-12-20-21(23(16)24-4)13-17-7-6-8-19(17)22(20)18-10-14(2)9-15(3)11-18/h9-11,13,16,23H,5-8,12H2,1-4H3. The fraction of sp³-hybridized carbons (Fsp3) is 0.478. The third-order valence-electron chi connectivity index (χ3n) is 6.03. The average molecular weight is 320 g/mol. The highest BCUT2D eigenvalue weighted by Crippen LogP contribution is 2.48. The summed E-state index contributed by atoms with van der Waals surface area (Å²) < 4.78 is 5.94. The van der Waals surface area contributed by atoms with Crippen LogP contribution in [0.4, 0.5) is 0 Å². The molecule has 0 fully saturated rings. The van der Waals surface area contributed by atoms with Gasteiger partial charge >= 0.3 is 0 Å². The lowest BCUT2D eigenvalue weighted by Crippen LogP contribution is -2.08. The van der Waals surface area contributed by atoms with E-state index in [1.807, 2.05) is 7.11 Å². The molecule has 2 aliphatic rings. The molecular formula is C23H28O. The van der Waals surface area contributed by atoms with Crippen molar-refractivity contribution in [2.24, 2.45) is 5.92 Å². The van der Waals surface area contributed by atoms with Crippen LogP contribution in [-0.4, -0.2) is 7.11 Å². The van der Waals surface area contributed by atoms with Crippen LogP contribution in [0.5, 0.6) is 0 Å². The number of aryl methyl sites for hydroxylation is 3. The maximum absolute atomic E-state index is 5.94. The number of ether oxygens (including phenoxy) is 1. The predicted octanol–water partition coefficient (Wildman–Crippen LogP) is 5.73. The van der Waals surface area contributed by atoms with Gasteiger partial charge in [-0.1, -0.05) is 48.7 Å². The number of benzene rings is 2. The minimum Gasteiger partial charge on any atom is -0.376 e. The van der Waals surface area contributed by atoms with E-state index < -0.39 is 0 Å². The van der Waals surface area contributed by atoms with Gasteiger partial charge in [0.15, 0.2) is 0 Å². The number of fused-ring (bicyclic) bond motifs is 2. The second-order valence-electron chi connectivity index (χ2n) is 7.72. The lowest BCUT2D eigenvalue weighted by Gasteiger charge is -2.19. The molecule has 2 aliphatic carbocycles. The van der Waals surface area contributed by atoms with Crippen LogP contribution in [0.2, 0.25) is 0 Å². The topological polar surface area (TPSA) is 9.23 Å². The van der Waals surface area contributed by atoms with E-state index in [0.29, 0.717) is 5.92 Å². The second kappa shape index (κ2) is 6.04. The Morgan fingerprint density at radius 1 is 1.00 bits per heavy atom. The van der Waals surface area contributed by atoms with Gasteiger partial charge in [0.1, 0.15) is 0 Å². The molecule has 0 N–H and O–H groups in total. The summed E-state index contributed by atoms with van der Waals surface area (Å²) in [6.07, 6.45) is 6.39. The molecule has 1 heteroatoms. The summed E-state index contributed by atoms with van der Waals surface area (Å²) in [5.41, 5.74) is 11.9. The van der Waals surface area contributed by atoms with Gasteiger partial charge in [0.05, 0.1) is 6.10 Å². The summed E-state index contributed by atoms with van der Waals surface area (Å²) in [5.74, 6) is 0.622. The molecule has 2 unspecified atom stereocenters. The smallest absolute Gasteiger partial charge is 0.0855 e. The molecule has 2 aromatic rings. The van der Waals surface area contributed by atoms with Crippen molar-refractivity contribution in [3.05, 3.63) is 57.6 Å². The first-order valence-corrected chi connectivity index (χ1v) is 9.41. The van der Waals surface area contributed by atoms with E-state index >= 15 is 0 Å². The number of rotatable bonds is 3. The van der Waals surface area contributed by atoms with Gasteiger partial charge in [-0.2, -0.15) is 0 Å². The first-order valence-electron chi connectivity index (χ1n) is 9.41. The zero-order valence-electron chi connectivity index (χ0n) is 15.4. The van der Waals surface area contributed by atoms with Gasteiger partial charge < -0.3 is 4.74 Å². The maximum Gasteiger partial charge on any atom is 0.0855 e. The molecule has 0 amide bonds. The van der Waals surface area contributed by atoms with Crippen molar-refractivity contribution in [1.29, 1.82) is 0 Å². The molecule has 2 aromatic carbocycles. The van der Waals surface area contributed by atoms with Gasteiger partial charge in [0.25, 0.3) is 0 Å². The summed E-state index contributed by atoms with van der Waals surface area (Å²) in [7, 11) is 1.88. The van der Waals surface area contributed by atoms with E-state index in [0.717, 1.165) is 0 Å². The maximum atomic E-state index is 5.94. The summed E-state index contributed by atoms with van der Waals surface area (Å²) in [6.45, 7) is 6.73. The lowest BCUT2D eigenvalue weighted by atomic mass is 9.88. The van der Waals surface area contributed by atoms with Crippen LogP contribution in [-0.2, 0) is 24.0 Å². The van der Waals surface area contributed by atoms with Gasteiger partial charge in [-0.3, -0.25) is 0 Å². The fourth-order valence-corrected chi connectivity index (χ4v) is 5.06. The lowest BCUT2D eigenvalue weighted by molar-refractivity contribution is 0.0612. The molecule has 0 spiro atoms. The fourth-order valence-electron chi connectivity index (χ4n) is 5.06. The van der Waals surface area contributed by atoms with E-state index in [4.69, 9.17) is 4.74 Å². The molecule has 0 bridgehead atoms. The first-order chi connectivity index (χ1) is 11.6. The predicted molar refractivity (Wildman–Crippen MR) is 101 cm³/mol. The summed E-state index contributed by atoms with van der Waals surface area (Å²) in [5, 5.41) is 0. The SMILES string of the molecule is CCC1Cc2c(cc3c(c2-c2cc(C)cc(C)c2)CCC3)C1OC. The van der Waals surface area contributed by atoms with Gasteiger partial charge in [-0.05, 0) is 78.8 Å². The third kappa shape index (κ3) is 2.41. The van der Waals surface area contributed by atoms with Crippen molar-refractivity contribution in [2.45, 2.75) is 59.0 Å². The molecule has 126 valence electrons. The second-order valence-corrected chi connectivity index (χ2v) is 7.72. The van der Waals surface area contributed by atoms with E-state index in [9.17, 15) is 0 Å². The minimum absolute atomic E-state index is 0.278. The van der Waals surface area contributed by atoms with Crippen LogP contribution in [0.15, 0.2) is 24.3 Å². The molecule has 0 heterocycles. The van der Waals surface area contributed by atoms with E-state index in [-0.39, 0.29) is 6.10 Å². The molecule has 0 radical (unpaired) electrons. The molecule has 1 nitrogen and oxygen atoms in total. The molecule has 0 saturated heterocycles. The van der Waals surface area contributed by atoms with Gasteiger partial charge in [0.2, 0.25) is 0 Å². The van der Waals surface area contributed by atoms with E-state index in [2.05, 4.69) is 45.0 Å². The Balaban J connectivity index is 1.97. The molecule has 0 saturated carbocycles. The van der Waals surface area contributed by atoms with Crippen LogP contribution >= 0.6 is 0 Å². The summed E-state index contributed by atoms with van der Waals surface area (Å²) in [6, 6.07) is 9.51. The van der Waals surface area contributed by atoms with Crippen LogP contribution in [0.3, 0.4) is 0 Å². The largest absolute Gasteiger partial charge is 0.376 e. The molecular weight excluding hydrogens is 292 g/mol. The van der Waals surface area contributed by atoms with Gasteiger partial charge in [0, 0.05) is 7.11 Å². The molecule has 0 aromatic heterocycles. The Labute approximate surface area is 146 Å². The Kier molecular flexibility index (Phi) is 4.00. The van der Waals surface area contributed by atoms with Crippen molar-refractivity contribution in [3.63, 3.8) is 0 Å². The van der Waals surface area contributed by atoms with Crippen molar-refractivity contribution in [1.82, 2.24) is 0 Å². The highest BCUT2D eigenvalue weighted by Gasteiger charge is 2.35. The average Bonchev–Trinajstić information content (AvgIpc) is 3.14. The number of methoxy groups -OCH3 is 1. The quantitative estimate of drug-likeness (QED) is 0.702. The first kappa shape index (κ1) is 15.9. The van der Waals surface area contributed by atoms with Crippen molar-refractivity contribution in [2.75, 3.05) is 7.11 Å². The highest BCUT2D eigenvalue weighted by atomic mass is 16.5. The Bertz CT molecular complexity index is 767. The molecule has 2 atom stereocenters. The monoisotopic (exact) mass is 320 g/mol. The Morgan fingerprint density at radius 3 is 2.42 bits per heavy atom. The van der Waals surface area contributed by atoms with Gasteiger partial charge in [-0.15, -0.1) is 0 Å². The zero-order valence-corrected chi connectivity index (χ0v) is 15.4. The van der Waals surface area contributed by atoms with Crippen molar-refractivity contribution < 1.29 is 4.74 Å². The minimum atomic E-state index is 0.278. The summed E-state index contributed by atoms with van der Waals surface area (Å²) in [4.78, 5) is 0. The van der Waals surface area contributed by atoms with Crippen molar-refractivity contribution >= 4 is 0 Å². The van der Waals surface area contributed by atoms with Crippen LogP contribution < -0.4 is 0 Å². The summed E-state index contributed by atoms with van der Waals surface area (Å²) >= 11 is 0. The van der Waals surface area contributed by atoms with Crippen molar-refractivity contribution in [3.8, 4) is 11.1 Å². The highest BCUT2D eigenvalue weighted by molar-refractivity contribution is 5.77.